The van der Waals surface area contributed by atoms with Crippen molar-refractivity contribution in [1.82, 2.24) is 0 Å². The van der Waals surface area contributed by atoms with Gasteiger partial charge in [-0.05, 0) is 36.8 Å². The van der Waals surface area contributed by atoms with Crippen molar-refractivity contribution in [3.63, 3.8) is 0 Å². The van der Waals surface area contributed by atoms with E-state index in [0.717, 1.165) is 4.47 Å². The number of fused-ring (bicyclic) bond motifs is 3. The average molecular weight is 307 g/mol. The Kier molecular flexibility index (Phi) is 3.85. The summed E-state index contributed by atoms with van der Waals surface area (Å²) in [6.07, 6.45) is 0. The van der Waals surface area contributed by atoms with Crippen LogP contribution in [0.1, 0.15) is 19.4 Å². The summed E-state index contributed by atoms with van der Waals surface area (Å²) in [6, 6.07) is 13.0. The normalized spacial score (nSPS) is 10.4. The molecule has 1 heterocycles. The minimum absolute atomic E-state index is 1.15. The van der Waals surface area contributed by atoms with E-state index in [0.29, 0.717) is 0 Å². The van der Waals surface area contributed by atoms with Crippen molar-refractivity contribution in [2.75, 3.05) is 0 Å². The molecule has 3 rings (SSSR count). The maximum atomic E-state index is 3.53. The molecular formula is C15H15BrS. The van der Waals surface area contributed by atoms with Gasteiger partial charge in [0.15, 0.2) is 0 Å². The predicted molar refractivity (Wildman–Crippen MR) is 83.1 cm³/mol. The van der Waals surface area contributed by atoms with E-state index in [2.05, 4.69) is 59.3 Å². The number of hydrogen-bond donors (Lipinski definition) is 0. The zero-order valence-electron chi connectivity index (χ0n) is 10.3. The third kappa shape index (κ3) is 2.24. The molecule has 2 aromatic carbocycles. The molecule has 0 bridgehead atoms. The van der Waals surface area contributed by atoms with Gasteiger partial charge in [-0.2, -0.15) is 0 Å². The molecule has 17 heavy (non-hydrogen) atoms. The SMILES string of the molecule is CC.Cc1cccc2sc3ccc(Br)cc3c12. The molecule has 0 saturated heterocycles. The molecule has 0 aliphatic heterocycles. The molecule has 0 fully saturated rings. The highest BCUT2D eigenvalue weighted by atomic mass is 79.9. The van der Waals surface area contributed by atoms with Crippen molar-refractivity contribution in [2.45, 2.75) is 20.8 Å². The molecule has 0 amide bonds. The molecule has 2 heteroatoms. The van der Waals surface area contributed by atoms with Gasteiger partial charge in [-0.1, -0.05) is 41.9 Å². The van der Waals surface area contributed by atoms with E-state index in [9.17, 15) is 0 Å². The molecular weight excluding hydrogens is 292 g/mol. The van der Waals surface area contributed by atoms with Gasteiger partial charge in [0.05, 0.1) is 0 Å². The van der Waals surface area contributed by atoms with E-state index in [-0.39, 0.29) is 0 Å². The van der Waals surface area contributed by atoms with Gasteiger partial charge in [0.1, 0.15) is 0 Å². The Morgan fingerprint density at radius 3 is 2.53 bits per heavy atom. The Morgan fingerprint density at radius 2 is 1.76 bits per heavy atom. The van der Waals surface area contributed by atoms with Gasteiger partial charge in [0.2, 0.25) is 0 Å². The minimum Gasteiger partial charge on any atom is -0.135 e. The summed E-state index contributed by atoms with van der Waals surface area (Å²) in [5, 5.41) is 2.77. The Hall–Kier alpha value is -0.860. The smallest absolute Gasteiger partial charge is 0.0358 e. The molecule has 0 aliphatic carbocycles. The quantitative estimate of drug-likeness (QED) is 0.467. The van der Waals surface area contributed by atoms with E-state index < -0.39 is 0 Å². The molecule has 88 valence electrons. The maximum absolute atomic E-state index is 3.53. The third-order valence-electron chi connectivity index (χ3n) is 2.67. The monoisotopic (exact) mass is 306 g/mol. The molecule has 0 spiro atoms. The fourth-order valence-electron chi connectivity index (χ4n) is 1.98. The first-order chi connectivity index (χ1) is 8.25. The topological polar surface area (TPSA) is 0 Å². The van der Waals surface area contributed by atoms with Gasteiger partial charge in [-0.25, -0.2) is 0 Å². The highest BCUT2D eigenvalue weighted by molar-refractivity contribution is 9.10. The van der Waals surface area contributed by atoms with Crippen LogP contribution in [0.5, 0.6) is 0 Å². The van der Waals surface area contributed by atoms with Crippen LogP contribution in [-0.2, 0) is 0 Å². The highest BCUT2D eigenvalue weighted by Gasteiger charge is 2.06. The fraction of sp³-hybridized carbons (Fsp3) is 0.200. The number of hydrogen-bond acceptors (Lipinski definition) is 1. The molecule has 0 unspecified atom stereocenters. The molecule has 0 nitrogen and oxygen atoms in total. The Labute approximate surface area is 114 Å². The van der Waals surface area contributed by atoms with E-state index in [1.54, 1.807) is 0 Å². The van der Waals surface area contributed by atoms with Gasteiger partial charge >= 0.3 is 0 Å². The van der Waals surface area contributed by atoms with Gasteiger partial charge in [-0.15, -0.1) is 11.3 Å². The molecule has 0 radical (unpaired) electrons. The number of benzene rings is 2. The summed E-state index contributed by atoms with van der Waals surface area (Å²) in [6.45, 7) is 6.18. The second-order valence-electron chi connectivity index (χ2n) is 3.69. The van der Waals surface area contributed by atoms with Crippen molar-refractivity contribution in [2.24, 2.45) is 0 Å². The second-order valence-corrected chi connectivity index (χ2v) is 5.69. The van der Waals surface area contributed by atoms with E-state index in [4.69, 9.17) is 0 Å². The standard InChI is InChI=1S/C13H9BrS.C2H6/c1-8-3-2-4-12-13(8)10-7-9(14)5-6-11(10)15-12;1-2/h2-7H,1H3;1-2H3. The van der Waals surface area contributed by atoms with Crippen molar-refractivity contribution in [3.05, 3.63) is 46.4 Å². The zero-order chi connectivity index (χ0) is 12.4. The van der Waals surface area contributed by atoms with Gasteiger partial charge in [-0.3, -0.25) is 0 Å². The largest absolute Gasteiger partial charge is 0.135 e. The van der Waals surface area contributed by atoms with E-state index in [1.807, 2.05) is 25.2 Å². The Bertz CT molecular complexity index is 652. The van der Waals surface area contributed by atoms with Gasteiger partial charge in [0, 0.05) is 24.6 Å². The Morgan fingerprint density at radius 1 is 1.00 bits per heavy atom. The van der Waals surface area contributed by atoms with Crippen LogP contribution in [0.15, 0.2) is 40.9 Å². The first-order valence-electron chi connectivity index (χ1n) is 5.83. The lowest BCUT2D eigenvalue weighted by Gasteiger charge is -1.96. The lowest BCUT2D eigenvalue weighted by Crippen LogP contribution is -1.73. The molecule has 0 aliphatic rings. The van der Waals surface area contributed by atoms with Crippen LogP contribution in [0.2, 0.25) is 0 Å². The van der Waals surface area contributed by atoms with Crippen molar-refractivity contribution >= 4 is 47.4 Å². The molecule has 1 aromatic heterocycles. The highest BCUT2D eigenvalue weighted by Crippen LogP contribution is 2.36. The second kappa shape index (κ2) is 5.19. The van der Waals surface area contributed by atoms with Crippen LogP contribution in [-0.4, -0.2) is 0 Å². The summed E-state index contributed by atoms with van der Waals surface area (Å²) >= 11 is 5.40. The minimum atomic E-state index is 1.15. The first-order valence-corrected chi connectivity index (χ1v) is 7.44. The van der Waals surface area contributed by atoms with E-state index >= 15 is 0 Å². The van der Waals surface area contributed by atoms with Gasteiger partial charge < -0.3 is 0 Å². The number of aryl methyl sites for hydroxylation is 1. The first kappa shape index (κ1) is 12.6. The maximum Gasteiger partial charge on any atom is 0.0358 e. The summed E-state index contributed by atoms with van der Waals surface area (Å²) < 4.78 is 3.89. The van der Waals surface area contributed by atoms with Crippen molar-refractivity contribution in [1.29, 1.82) is 0 Å². The lowest BCUT2D eigenvalue weighted by atomic mass is 10.1. The predicted octanol–water partition coefficient (Wildman–Crippen LogP) is 6.15. The van der Waals surface area contributed by atoms with Crippen molar-refractivity contribution in [3.8, 4) is 0 Å². The summed E-state index contributed by atoms with van der Waals surface area (Å²) in [4.78, 5) is 0. The number of rotatable bonds is 0. The molecule has 0 atom stereocenters. The molecule has 3 aromatic rings. The number of thiophene rings is 1. The third-order valence-corrected chi connectivity index (χ3v) is 4.29. The Balaban J connectivity index is 0.000000514. The molecule has 0 N–H and O–H groups in total. The lowest BCUT2D eigenvalue weighted by molar-refractivity contribution is 1.50. The van der Waals surface area contributed by atoms with Crippen LogP contribution >= 0.6 is 27.3 Å². The summed E-state index contributed by atoms with van der Waals surface area (Å²) in [5.74, 6) is 0. The average Bonchev–Trinajstić information content (AvgIpc) is 2.71. The number of halogens is 1. The van der Waals surface area contributed by atoms with Gasteiger partial charge in [0.25, 0.3) is 0 Å². The van der Waals surface area contributed by atoms with Crippen LogP contribution in [0.25, 0.3) is 20.2 Å². The van der Waals surface area contributed by atoms with Crippen molar-refractivity contribution < 1.29 is 0 Å². The molecule has 0 saturated carbocycles. The fourth-order valence-corrected chi connectivity index (χ4v) is 3.50. The summed E-state index contributed by atoms with van der Waals surface area (Å²) in [7, 11) is 0. The van der Waals surface area contributed by atoms with Crippen LogP contribution < -0.4 is 0 Å². The van der Waals surface area contributed by atoms with Crippen LogP contribution in [0.4, 0.5) is 0 Å². The van der Waals surface area contributed by atoms with Crippen LogP contribution in [0.3, 0.4) is 0 Å². The zero-order valence-corrected chi connectivity index (χ0v) is 12.7. The summed E-state index contributed by atoms with van der Waals surface area (Å²) in [5.41, 5.74) is 1.36. The van der Waals surface area contributed by atoms with E-state index in [1.165, 1.54) is 25.7 Å². The van der Waals surface area contributed by atoms with Crippen LogP contribution in [0, 0.1) is 6.92 Å².